The minimum Gasteiger partial charge on any atom is -0.391 e. The molecule has 0 aromatic carbocycles. The van der Waals surface area contributed by atoms with Crippen LogP contribution in [0, 0.1) is 0 Å². The Morgan fingerprint density at radius 1 is 1.44 bits per heavy atom. The molecule has 2 N–H and O–H groups in total. The van der Waals surface area contributed by atoms with Crippen molar-refractivity contribution in [1.82, 2.24) is 14.8 Å². The highest BCUT2D eigenvalue weighted by atomic mass is 32.2. The number of aliphatic hydroxyl groups excluding tert-OH is 1. The first kappa shape index (κ1) is 13.3. The Labute approximate surface area is 106 Å². The van der Waals surface area contributed by atoms with Crippen LogP contribution in [0.15, 0.2) is 14.7 Å². The Morgan fingerprint density at radius 2 is 2.11 bits per heavy atom. The number of H-pyrrole nitrogens is 1. The maximum atomic E-state index is 11.3. The molecule has 2 atom stereocenters. The summed E-state index contributed by atoms with van der Waals surface area (Å²) in [5.74, 6) is -0.463. The molecule has 10 heteroatoms. The number of nitrogens with zero attached hydrogens (tertiary/aromatic N) is 2. The number of aryl methyl sites for hydroxylation is 1. The highest BCUT2D eigenvalue weighted by molar-refractivity contribution is 8.01. The van der Waals surface area contributed by atoms with Crippen LogP contribution < -0.4 is 11.1 Å². The third kappa shape index (κ3) is 2.65. The third-order valence-corrected chi connectivity index (χ3v) is 5.76. The molecule has 1 aliphatic heterocycles. The van der Waals surface area contributed by atoms with Gasteiger partial charge in [-0.05, 0) is 0 Å². The molecule has 0 bridgehead atoms. The number of aromatic nitrogens is 3. The third-order valence-electron chi connectivity index (χ3n) is 2.48. The molecule has 1 fully saturated rings. The summed E-state index contributed by atoms with van der Waals surface area (Å²) in [6, 6.07) is 0. The van der Waals surface area contributed by atoms with E-state index in [4.69, 9.17) is 0 Å². The zero-order valence-electron chi connectivity index (χ0n) is 9.36. The highest BCUT2D eigenvalue weighted by Crippen LogP contribution is 2.28. The van der Waals surface area contributed by atoms with E-state index < -0.39 is 32.3 Å². The van der Waals surface area contributed by atoms with Crippen LogP contribution in [0.1, 0.15) is 0 Å². The van der Waals surface area contributed by atoms with Gasteiger partial charge < -0.3 is 5.11 Å². The van der Waals surface area contributed by atoms with Crippen molar-refractivity contribution in [3.63, 3.8) is 0 Å². The van der Waals surface area contributed by atoms with Crippen molar-refractivity contribution < 1.29 is 13.5 Å². The van der Waals surface area contributed by atoms with Crippen LogP contribution >= 0.6 is 11.8 Å². The molecule has 1 saturated heterocycles. The minimum absolute atomic E-state index is 0.167. The van der Waals surface area contributed by atoms with E-state index in [1.807, 2.05) is 0 Å². The number of hydrogen-bond donors (Lipinski definition) is 2. The summed E-state index contributed by atoms with van der Waals surface area (Å²) in [6.07, 6.45) is -0.996. The lowest BCUT2D eigenvalue weighted by molar-refractivity contribution is 0.207. The molecule has 0 amide bonds. The predicted octanol–water partition coefficient (Wildman–Crippen LogP) is -2.28. The molecule has 2 heterocycles. The van der Waals surface area contributed by atoms with Gasteiger partial charge in [-0.3, -0.25) is 19.4 Å². The fraction of sp³-hybridized carbons (Fsp3) is 0.625. The second kappa shape index (κ2) is 4.52. The SMILES string of the molecule is Cn1[nH]c(=O)c(=O)nc1SC1CS(=O)(=O)CC1O. The summed E-state index contributed by atoms with van der Waals surface area (Å²) in [5, 5.41) is 11.4. The lowest BCUT2D eigenvalue weighted by Crippen LogP contribution is -2.34. The number of hydrogen-bond acceptors (Lipinski definition) is 7. The number of aliphatic hydroxyl groups is 1. The van der Waals surface area contributed by atoms with Gasteiger partial charge in [-0.2, -0.15) is 4.98 Å². The van der Waals surface area contributed by atoms with E-state index >= 15 is 0 Å². The Kier molecular flexibility index (Phi) is 3.34. The number of thioether (sulfide) groups is 1. The van der Waals surface area contributed by atoms with Crippen molar-refractivity contribution in [3.05, 3.63) is 20.7 Å². The molecule has 18 heavy (non-hydrogen) atoms. The number of rotatable bonds is 2. The maximum Gasteiger partial charge on any atom is 0.339 e. The van der Waals surface area contributed by atoms with Crippen LogP contribution in [0.3, 0.4) is 0 Å². The molecular weight excluding hydrogens is 282 g/mol. The van der Waals surface area contributed by atoms with Gasteiger partial charge in [-0.15, -0.1) is 0 Å². The maximum absolute atomic E-state index is 11.3. The summed E-state index contributed by atoms with van der Waals surface area (Å²) in [7, 11) is -1.78. The molecule has 0 saturated carbocycles. The van der Waals surface area contributed by atoms with E-state index in [9.17, 15) is 23.1 Å². The quantitative estimate of drug-likeness (QED) is 0.589. The fourth-order valence-electron chi connectivity index (χ4n) is 1.61. The van der Waals surface area contributed by atoms with E-state index in [1.165, 1.54) is 11.7 Å². The monoisotopic (exact) mass is 293 g/mol. The number of sulfone groups is 1. The summed E-state index contributed by atoms with van der Waals surface area (Å²) in [5.41, 5.74) is -1.78. The van der Waals surface area contributed by atoms with Crippen LogP contribution in [0.4, 0.5) is 0 Å². The lowest BCUT2D eigenvalue weighted by atomic mass is 10.3. The average molecular weight is 293 g/mol. The van der Waals surface area contributed by atoms with Gasteiger partial charge in [0.25, 0.3) is 0 Å². The Balaban J connectivity index is 2.28. The Bertz CT molecular complexity index is 677. The largest absolute Gasteiger partial charge is 0.391 e. The summed E-state index contributed by atoms with van der Waals surface area (Å²) >= 11 is 0.964. The lowest BCUT2D eigenvalue weighted by Gasteiger charge is -2.12. The van der Waals surface area contributed by atoms with Crippen LogP contribution in [0.5, 0.6) is 0 Å². The van der Waals surface area contributed by atoms with E-state index in [0.29, 0.717) is 0 Å². The van der Waals surface area contributed by atoms with Crippen molar-refractivity contribution in [2.75, 3.05) is 11.5 Å². The smallest absolute Gasteiger partial charge is 0.339 e. The summed E-state index contributed by atoms with van der Waals surface area (Å²) in [4.78, 5) is 25.6. The van der Waals surface area contributed by atoms with Gasteiger partial charge in [0.05, 0.1) is 22.9 Å². The van der Waals surface area contributed by atoms with Gasteiger partial charge in [0.2, 0.25) is 0 Å². The zero-order chi connectivity index (χ0) is 13.5. The first-order valence-electron chi connectivity index (χ1n) is 5.01. The Hall–Kier alpha value is -1.13. The van der Waals surface area contributed by atoms with Crippen LogP contribution in [-0.4, -0.2) is 51.1 Å². The normalized spacial score (nSPS) is 26.3. The minimum atomic E-state index is -3.25. The van der Waals surface area contributed by atoms with Crippen molar-refractivity contribution in [1.29, 1.82) is 0 Å². The molecule has 2 rings (SSSR count). The highest BCUT2D eigenvalue weighted by Gasteiger charge is 2.37. The molecular formula is C8H11N3O5S2. The van der Waals surface area contributed by atoms with Crippen LogP contribution in [0.2, 0.25) is 0 Å². The standard InChI is InChI=1S/C8H11N3O5S2/c1-11-8(9-6(13)7(14)10-11)17-5-3-18(15,16)2-4(5)12/h4-5,12H,2-3H2,1H3,(H,10,14). The van der Waals surface area contributed by atoms with E-state index in [2.05, 4.69) is 10.1 Å². The topological polar surface area (TPSA) is 122 Å². The number of nitrogens with one attached hydrogen (secondary N) is 1. The molecule has 0 radical (unpaired) electrons. The zero-order valence-corrected chi connectivity index (χ0v) is 11.0. The fourth-order valence-corrected chi connectivity index (χ4v) is 5.10. The van der Waals surface area contributed by atoms with E-state index in [-0.39, 0.29) is 16.7 Å². The van der Waals surface area contributed by atoms with Crippen molar-refractivity contribution in [2.24, 2.45) is 7.05 Å². The number of aromatic amines is 1. The molecule has 100 valence electrons. The van der Waals surface area contributed by atoms with Gasteiger partial charge in [-0.1, -0.05) is 11.8 Å². The van der Waals surface area contributed by atoms with Gasteiger partial charge >= 0.3 is 11.1 Å². The van der Waals surface area contributed by atoms with Gasteiger partial charge in [-0.25, -0.2) is 8.42 Å². The molecule has 1 aliphatic rings. The summed E-state index contributed by atoms with van der Waals surface area (Å²) < 4.78 is 23.9. The van der Waals surface area contributed by atoms with E-state index in [1.54, 1.807) is 0 Å². The van der Waals surface area contributed by atoms with E-state index in [0.717, 1.165) is 11.8 Å². The van der Waals surface area contributed by atoms with Crippen molar-refractivity contribution in [3.8, 4) is 0 Å². The average Bonchev–Trinajstić information content (AvgIpc) is 2.48. The van der Waals surface area contributed by atoms with Crippen LogP contribution in [-0.2, 0) is 16.9 Å². The summed E-state index contributed by atoms with van der Waals surface area (Å²) in [6.45, 7) is 0. The molecule has 2 unspecified atom stereocenters. The van der Waals surface area contributed by atoms with Crippen molar-refractivity contribution in [2.45, 2.75) is 16.5 Å². The van der Waals surface area contributed by atoms with Gasteiger partial charge in [0, 0.05) is 7.05 Å². The first-order chi connectivity index (χ1) is 8.28. The Morgan fingerprint density at radius 3 is 2.67 bits per heavy atom. The van der Waals surface area contributed by atoms with Gasteiger partial charge in [0.15, 0.2) is 15.0 Å². The second-order valence-electron chi connectivity index (χ2n) is 4.00. The molecule has 1 aromatic heterocycles. The van der Waals surface area contributed by atoms with Crippen LogP contribution in [0.25, 0.3) is 0 Å². The molecule has 0 spiro atoms. The molecule has 8 nitrogen and oxygen atoms in total. The molecule has 0 aliphatic carbocycles. The first-order valence-corrected chi connectivity index (χ1v) is 7.71. The molecule has 1 aromatic rings. The predicted molar refractivity (Wildman–Crippen MR) is 64.4 cm³/mol. The second-order valence-corrected chi connectivity index (χ2v) is 7.36. The van der Waals surface area contributed by atoms with Crippen molar-refractivity contribution >= 4 is 21.6 Å². The van der Waals surface area contributed by atoms with Gasteiger partial charge in [0.1, 0.15) is 0 Å².